The maximum atomic E-state index is 9.93. The number of aromatic nitrogens is 2. The summed E-state index contributed by atoms with van der Waals surface area (Å²) < 4.78 is 2.54. The fourth-order valence-corrected chi connectivity index (χ4v) is 2.01. The molecule has 0 aromatic carbocycles. The van der Waals surface area contributed by atoms with E-state index in [4.69, 9.17) is 0 Å². The van der Waals surface area contributed by atoms with Crippen molar-refractivity contribution in [3.8, 4) is 0 Å². The predicted octanol–water partition coefficient (Wildman–Crippen LogP) is 1.46. The minimum absolute atomic E-state index is 0.523. The van der Waals surface area contributed by atoms with Gasteiger partial charge in [0.2, 0.25) is 0 Å². The first-order valence-corrected chi connectivity index (χ1v) is 5.87. The Kier molecular flexibility index (Phi) is 4.76. The third-order valence-corrected chi connectivity index (χ3v) is 2.75. The highest BCUT2D eigenvalue weighted by atomic mass is 79.9. The van der Waals surface area contributed by atoms with Gasteiger partial charge in [-0.15, -0.1) is 0 Å². The van der Waals surface area contributed by atoms with Crippen LogP contribution in [0.5, 0.6) is 0 Å². The molecule has 1 aromatic heterocycles. The molecule has 0 aliphatic rings. The highest BCUT2D eigenvalue weighted by molar-refractivity contribution is 9.10. The molecule has 1 unspecified atom stereocenters. The smallest absolute Gasteiger partial charge is 0.109 e. The minimum atomic E-state index is -0.523. The summed E-state index contributed by atoms with van der Waals surface area (Å²) in [6.45, 7) is 5.74. The van der Waals surface area contributed by atoms with E-state index in [1.807, 2.05) is 7.05 Å². The van der Waals surface area contributed by atoms with Crippen molar-refractivity contribution < 1.29 is 5.11 Å². The van der Waals surface area contributed by atoms with Crippen molar-refractivity contribution >= 4 is 15.9 Å². The van der Waals surface area contributed by atoms with Crippen molar-refractivity contribution in [1.82, 2.24) is 15.1 Å². The van der Waals surface area contributed by atoms with E-state index in [1.54, 1.807) is 10.9 Å². The van der Waals surface area contributed by atoms with Gasteiger partial charge in [-0.3, -0.25) is 4.68 Å². The van der Waals surface area contributed by atoms with E-state index in [2.05, 4.69) is 40.2 Å². The lowest BCUT2D eigenvalue weighted by Crippen LogP contribution is -2.26. The molecule has 0 fully saturated rings. The number of hydrogen-bond donors (Lipinski definition) is 2. The molecule has 0 aliphatic carbocycles. The van der Waals surface area contributed by atoms with Crippen LogP contribution in [-0.4, -0.2) is 28.0 Å². The van der Waals surface area contributed by atoms with Gasteiger partial charge in [-0.1, -0.05) is 13.8 Å². The Morgan fingerprint density at radius 2 is 2.20 bits per heavy atom. The number of aliphatic hydroxyl groups excluding tert-OH is 1. The molecular formula is C10H18BrN3O. The number of hydrogen-bond acceptors (Lipinski definition) is 3. The third kappa shape index (κ3) is 3.59. The molecule has 0 saturated heterocycles. The van der Waals surface area contributed by atoms with Crippen molar-refractivity contribution in [3.05, 3.63) is 16.4 Å². The molecule has 0 bridgehead atoms. The average molecular weight is 276 g/mol. The van der Waals surface area contributed by atoms with Gasteiger partial charge in [-0.25, -0.2) is 0 Å². The predicted molar refractivity (Wildman–Crippen MR) is 63.6 cm³/mol. The van der Waals surface area contributed by atoms with Crippen molar-refractivity contribution in [1.29, 1.82) is 0 Å². The van der Waals surface area contributed by atoms with Crippen LogP contribution in [0.1, 0.15) is 25.6 Å². The molecule has 15 heavy (non-hydrogen) atoms. The molecule has 1 aromatic rings. The second-order valence-corrected chi connectivity index (χ2v) is 4.92. The zero-order chi connectivity index (χ0) is 11.4. The molecule has 0 aliphatic heterocycles. The first-order chi connectivity index (χ1) is 7.02. The second kappa shape index (κ2) is 5.63. The Labute approximate surface area is 98.8 Å². The van der Waals surface area contributed by atoms with Gasteiger partial charge in [-0.05, 0) is 28.4 Å². The van der Waals surface area contributed by atoms with E-state index >= 15 is 0 Å². The molecular weight excluding hydrogens is 258 g/mol. The molecule has 2 N–H and O–H groups in total. The van der Waals surface area contributed by atoms with Crippen LogP contribution in [-0.2, 0) is 7.05 Å². The summed E-state index contributed by atoms with van der Waals surface area (Å²) in [6.07, 6.45) is 1.17. The van der Waals surface area contributed by atoms with Crippen LogP contribution in [0.25, 0.3) is 0 Å². The largest absolute Gasteiger partial charge is 0.385 e. The quantitative estimate of drug-likeness (QED) is 0.856. The lowest BCUT2D eigenvalue weighted by Gasteiger charge is -2.14. The Morgan fingerprint density at radius 1 is 1.53 bits per heavy atom. The maximum Gasteiger partial charge on any atom is 0.109 e. The summed E-state index contributed by atoms with van der Waals surface area (Å²) in [5.74, 6) is 0.590. The normalized spacial score (nSPS) is 13.5. The van der Waals surface area contributed by atoms with Gasteiger partial charge in [-0.2, -0.15) is 5.10 Å². The summed E-state index contributed by atoms with van der Waals surface area (Å²) in [6, 6.07) is 0. The van der Waals surface area contributed by atoms with E-state index in [0.29, 0.717) is 12.5 Å². The number of nitrogens with one attached hydrogen (secondary N) is 1. The SMILES string of the molecule is CC(C)CNCC(O)c1c(Br)cnn1C. The van der Waals surface area contributed by atoms with Gasteiger partial charge < -0.3 is 10.4 Å². The zero-order valence-electron chi connectivity index (χ0n) is 9.37. The van der Waals surface area contributed by atoms with Crippen molar-refractivity contribution in [2.24, 2.45) is 13.0 Å². The Hall–Kier alpha value is -0.390. The molecule has 0 amide bonds. The number of rotatable bonds is 5. The van der Waals surface area contributed by atoms with Crippen LogP contribution >= 0.6 is 15.9 Å². The van der Waals surface area contributed by atoms with Crippen LogP contribution in [0.4, 0.5) is 0 Å². The summed E-state index contributed by atoms with van der Waals surface area (Å²) in [5.41, 5.74) is 0.811. The van der Waals surface area contributed by atoms with Gasteiger partial charge in [0.25, 0.3) is 0 Å². The van der Waals surface area contributed by atoms with Gasteiger partial charge in [0.1, 0.15) is 6.10 Å². The van der Waals surface area contributed by atoms with Gasteiger partial charge >= 0.3 is 0 Å². The second-order valence-electron chi connectivity index (χ2n) is 4.07. The highest BCUT2D eigenvalue weighted by Crippen LogP contribution is 2.21. The first kappa shape index (κ1) is 12.7. The van der Waals surface area contributed by atoms with Gasteiger partial charge in [0, 0.05) is 13.6 Å². The van der Waals surface area contributed by atoms with E-state index in [1.165, 1.54) is 0 Å². The van der Waals surface area contributed by atoms with Crippen molar-refractivity contribution in [3.63, 3.8) is 0 Å². The maximum absolute atomic E-state index is 9.93. The van der Waals surface area contributed by atoms with Crippen molar-refractivity contribution in [2.45, 2.75) is 20.0 Å². The molecule has 0 radical (unpaired) electrons. The molecule has 1 heterocycles. The van der Waals surface area contributed by atoms with Crippen LogP contribution in [0.15, 0.2) is 10.7 Å². The standard InChI is InChI=1S/C10H18BrN3O/c1-7(2)4-12-6-9(15)10-8(11)5-13-14(10)3/h5,7,9,12,15H,4,6H2,1-3H3. The number of aryl methyl sites for hydroxylation is 1. The minimum Gasteiger partial charge on any atom is -0.385 e. The van der Waals surface area contributed by atoms with Gasteiger partial charge in [0.15, 0.2) is 0 Å². The summed E-state index contributed by atoms with van der Waals surface area (Å²) in [5, 5.41) is 17.2. The van der Waals surface area contributed by atoms with E-state index in [-0.39, 0.29) is 0 Å². The topological polar surface area (TPSA) is 50.1 Å². The Bertz CT molecular complexity index is 292. The average Bonchev–Trinajstić information content (AvgIpc) is 2.45. The molecule has 1 atom stereocenters. The summed E-state index contributed by atoms with van der Waals surface area (Å²) in [4.78, 5) is 0. The third-order valence-electron chi connectivity index (χ3n) is 2.14. The van der Waals surface area contributed by atoms with Gasteiger partial charge in [0.05, 0.1) is 16.4 Å². The van der Waals surface area contributed by atoms with Crippen LogP contribution in [0, 0.1) is 5.92 Å². The molecule has 86 valence electrons. The molecule has 4 nitrogen and oxygen atoms in total. The van der Waals surface area contributed by atoms with E-state index in [0.717, 1.165) is 16.7 Å². The lowest BCUT2D eigenvalue weighted by atomic mass is 10.2. The number of nitrogens with zero attached hydrogens (tertiary/aromatic N) is 2. The molecule has 0 saturated carbocycles. The Balaban J connectivity index is 2.50. The highest BCUT2D eigenvalue weighted by Gasteiger charge is 2.15. The van der Waals surface area contributed by atoms with E-state index in [9.17, 15) is 5.11 Å². The Morgan fingerprint density at radius 3 is 2.67 bits per heavy atom. The fraction of sp³-hybridized carbons (Fsp3) is 0.700. The number of halogens is 1. The molecule has 0 spiro atoms. The molecule has 1 rings (SSSR count). The van der Waals surface area contributed by atoms with Crippen LogP contribution < -0.4 is 5.32 Å². The van der Waals surface area contributed by atoms with E-state index < -0.39 is 6.10 Å². The lowest BCUT2D eigenvalue weighted by molar-refractivity contribution is 0.163. The van der Waals surface area contributed by atoms with Crippen LogP contribution in [0.3, 0.4) is 0 Å². The van der Waals surface area contributed by atoms with Crippen LogP contribution in [0.2, 0.25) is 0 Å². The summed E-state index contributed by atoms with van der Waals surface area (Å²) in [7, 11) is 1.83. The van der Waals surface area contributed by atoms with Crippen molar-refractivity contribution in [2.75, 3.05) is 13.1 Å². The number of aliphatic hydroxyl groups is 1. The zero-order valence-corrected chi connectivity index (χ0v) is 11.0. The first-order valence-electron chi connectivity index (χ1n) is 5.08. The fourth-order valence-electron chi connectivity index (χ4n) is 1.40. The molecule has 5 heteroatoms. The monoisotopic (exact) mass is 275 g/mol. The summed E-state index contributed by atoms with van der Waals surface area (Å²) >= 11 is 3.37.